The van der Waals surface area contributed by atoms with Gasteiger partial charge in [-0.15, -0.1) is 0 Å². The summed E-state index contributed by atoms with van der Waals surface area (Å²) in [6.45, 7) is 6.49. The summed E-state index contributed by atoms with van der Waals surface area (Å²) in [4.78, 5) is 27.4. The summed E-state index contributed by atoms with van der Waals surface area (Å²) >= 11 is 0. The van der Waals surface area contributed by atoms with E-state index in [1.807, 2.05) is 0 Å². The second-order valence-corrected chi connectivity index (χ2v) is 5.65. The average molecular weight is 284 g/mol. The lowest BCUT2D eigenvalue weighted by Gasteiger charge is -2.20. The topological polar surface area (TPSA) is 91.8 Å². The highest BCUT2D eigenvalue weighted by Gasteiger charge is 2.18. The van der Waals surface area contributed by atoms with Gasteiger partial charge in [0.15, 0.2) is 0 Å². The van der Waals surface area contributed by atoms with Gasteiger partial charge >= 0.3 is 12.1 Å². The Morgan fingerprint density at radius 2 is 1.95 bits per heavy atom. The molecular formula is C13H24N4O3. The van der Waals surface area contributed by atoms with Crippen LogP contribution in [-0.4, -0.2) is 36.8 Å². The maximum absolute atomic E-state index is 11.7. The van der Waals surface area contributed by atoms with Crippen LogP contribution in [0.5, 0.6) is 0 Å². The molecule has 1 heterocycles. The van der Waals surface area contributed by atoms with E-state index >= 15 is 0 Å². The fourth-order valence-electron chi connectivity index (χ4n) is 1.65. The Bertz CT molecular complexity index is 374. The molecule has 0 radical (unpaired) electrons. The van der Waals surface area contributed by atoms with Gasteiger partial charge in [-0.2, -0.15) is 0 Å². The first-order valence-electron chi connectivity index (χ1n) is 6.96. The molecular weight excluding hydrogens is 260 g/mol. The highest BCUT2D eigenvalue weighted by molar-refractivity contribution is 6.02. The van der Waals surface area contributed by atoms with E-state index < -0.39 is 11.7 Å². The quantitative estimate of drug-likeness (QED) is 0.632. The zero-order valence-electron chi connectivity index (χ0n) is 12.4. The Labute approximate surface area is 119 Å². The van der Waals surface area contributed by atoms with Crippen LogP contribution in [0.1, 0.15) is 46.5 Å². The van der Waals surface area contributed by atoms with E-state index in [9.17, 15) is 9.59 Å². The molecule has 3 N–H and O–H groups in total. The number of hydrogen-bond donors (Lipinski definition) is 3. The Morgan fingerprint density at radius 3 is 2.65 bits per heavy atom. The van der Waals surface area contributed by atoms with Crippen LogP contribution in [0, 0.1) is 0 Å². The van der Waals surface area contributed by atoms with Crippen molar-refractivity contribution in [2.75, 3.05) is 13.1 Å². The van der Waals surface area contributed by atoms with Gasteiger partial charge < -0.3 is 10.1 Å². The van der Waals surface area contributed by atoms with Crippen molar-refractivity contribution in [2.24, 2.45) is 4.99 Å². The number of carbonyl (C=O) groups is 2. The van der Waals surface area contributed by atoms with Gasteiger partial charge in [0.25, 0.3) is 0 Å². The molecule has 0 saturated carbocycles. The molecule has 1 aliphatic heterocycles. The van der Waals surface area contributed by atoms with Crippen molar-refractivity contribution in [1.82, 2.24) is 16.0 Å². The lowest BCUT2D eigenvalue weighted by atomic mass is 10.2. The van der Waals surface area contributed by atoms with Gasteiger partial charge in [0.05, 0.1) is 0 Å². The van der Waals surface area contributed by atoms with Gasteiger partial charge in [0.1, 0.15) is 5.60 Å². The number of alkyl carbamates (subject to hydrolysis) is 1. The summed E-state index contributed by atoms with van der Waals surface area (Å²) in [5, 5.41) is 7.69. The summed E-state index contributed by atoms with van der Waals surface area (Å²) in [6.07, 6.45) is 3.35. The predicted octanol–water partition coefficient (Wildman–Crippen LogP) is 1.74. The first kappa shape index (κ1) is 16.3. The molecule has 0 aliphatic carbocycles. The Morgan fingerprint density at radius 1 is 1.25 bits per heavy atom. The normalized spacial score (nSPS) is 17.9. The summed E-state index contributed by atoms with van der Waals surface area (Å²) in [5.74, 6) is 0.124. The number of hydrogen-bond acceptors (Lipinski definition) is 4. The summed E-state index contributed by atoms with van der Waals surface area (Å²) in [6, 6.07) is -0.373. The van der Waals surface area contributed by atoms with Gasteiger partial charge in [-0.05, 0) is 33.6 Å². The molecule has 7 nitrogen and oxygen atoms in total. The third-order valence-corrected chi connectivity index (χ3v) is 2.49. The van der Waals surface area contributed by atoms with Gasteiger partial charge in [-0.3, -0.25) is 15.6 Å². The van der Waals surface area contributed by atoms with Crippen molar-refractivity contribution < 1.29 is 14.3 Å². The van der Waals surface area contributed by atoms with E-state index in [-0.39, 0.29) is 12.0 Å². The third-order valence-electron chi connectivity index (χ3n) is 2.49. The lowest BCUT2D eigenvalue weighted by molar-refractivity contribution is 0.0562. The van der Waals surface area contributed by atoms with Crippen LogP contribution in [0.4, 0.5) is 9.59 Å². The number of ether oxygens (including phenoxy) is 1. The van der Waals surface area contributed by atoms with Crippen molar-refractivity contribution >= 4 is 18.1 Å². The lowest BCUT2D eigenvalue weighted by Crippen LogP contribution is -2.49. The number of aliphatic imine (C=N–C) groups is 1. The standard InChI is InChI=1S/C13H24N4O3/c1-13(2,3)20-12(19)17-10-14-8-6-4-5-7-9-15-11(18)16-10/h4-9H2,1-3H3,(H3,14,15,16,17,18,19). The molecule has 0 atom stereocenters. The number of carbonyl (C=O) groups excluding carboxylic acids is 2. The minimum absolute atomic E-state index is 0.124. The van der Waals surface area contributed by atoms with Crippen molar-refractivity contribution in [3.05, 3.63) is 0 Å². The monoisotopic (exact) mass is 284 g/mol. The van der Waals surface area contributed by atoms with E-state index in [1.165, 1.54) is 0 Å². The van der Waals surface area contributed by atoms with Crippen LogP contribution >= 0.6 is 0 Å². The second kappa shape index (κ2) is 7.72. The number of nitrogens with zero attached hydrogens (tertiary/aromatic N) is 1. The highest BCUT2D eigenvalue weighted by atomic mass is 16.6. The smallest absolute Gasteiger partial charge is 0.414 e. The van der Waals surface area contributed by atoms with Gasteiger partial charge in [0, 0.05) is 13.1 Å². The molecule has 7 heteroatoms. The Kier molecular flexibility index (Phi) is 6.27. The van der Waals surface area contributed by atoms with Gasteiger partial charge in [-0.25, -0.2) is 9.59 Å². The maximum atomic E-state index is 11.7. The number of guanidine groups is 1. The van der Waals surface area contributed by atoms with Crippen LogP contribution in [0.25, 0.3) is 0 Å². The van der Waals surface area contributed by atoms with E-state index in [1.54, 1.807) is 20.8 Å². The summed E-state index contributed by atoms with van der Waals surface area (Å²) in [5.41, 5.74) is -0.597. The zero-order valence-corrected chi connectivity index (χ0v) is 12.4. The van der Waals surface area contributed by atoms with Crippen LogP contribution < -0.4 is 16.0 Å². The SMILES string of the molecule is CC(C)(C)OC(=O)NC1=NCCCCCCNC(=O)N1. The molecule has 0 aromatic rings. The molecule has 0 unspecified atom stereocenters. The van der Waals surface area contributed by atoms with Crippen molar-refractivity contribution in [3.8, 4) is 0 Å². The van der Waals surface area contributed by atoms with Crippen molar-refractivity contribution in [3.63, 3.8) is 0 Å². The average Bonchev–Trinajstić information content (AvgIpc) is 2.32. The van der Waals surface area contributed by atoms with Crippen LogP contribution in [0.15, 0.2) is 4.99 Å². The molecule has 114 valence electrons. The van der Waals surface area contributed by atoms with Crippen LogP contribution in [0.3, 0.4) is 0 Å². The highest BCUT2D eigenvalue weighted by Crippen LogP contribution is 2.06. The molecule has 0 bridgehead atoms. The fraction of sp³-hybridized carbons (Fsp3) is 0.769. The fourth-order valence-corrected chi connectivity index (χ4v) is 1.65. The van der Waals surface area contributed by atoms with E-state index in [2.05, 4.69) is 20.9 Å². The number of amides is 3. The molecule has 1 rings (SSSR count). The molecule has 0 aromatic heterocycles. The molecule has 0 fully saturated rings. The molecule has 3 amide bonds. The maximum Gasteiger partial charge on any atom is 0.414 e. The van der Waals surface area contributed by atoms with E-state index in [0.717, 1.165) is 25.7 Å². The predicted molar refractivity (Wildman–Crippen MR) is 76.7 cm³/mol. The molecule has 0 spiro atoms. The number of nitrogens with one attached hydrogen (secondary N) is 3. The third kappa shape index (κ3) is 7.60. The van der Waals surface area contributed by atoms with E-state index in [4.69, 9.17) is 4.74 Å². The molecule has 0 aromatic carbocycles. The molecule has 0 saturated heterocycles. The van der Waals surface area contributed by atoms with Crippen molar-refractivity contribution in [1.29, 1.82) is 0 Å². The Hall–Kier alpha value is -1.79. The zero-order chi connectivity index (χ0) is 15.0. The van der Waals surface area contributed by atoms with Gasteiger partial charge in [0.2, 0.25) is 5.96 Å². The first-order chi connectivity index (χ1) is 9.37. The minimum Gasteiger partial charge on any atom is -0.444 e. The van der Waals surface area contributed by atoms with Crippen LogP contribution in [0.2, 0.25) is 0 Å². The van der Waals surface area contributed by atoms with E-state index in [0.29, 0.717) is 13.1 Å². The second-order valence-electron chi connectivity index (χ2n) is 5.65. The first-order valence-corrected chi connectivity index (χ1v) is 6.96. The number of rotatable bonds is 0. The summed E-state index contributed by atoms with van der Waals surface area (Å²) < 4.78 is 5.13. The molecule has 20 heavy (non-hydrogen) atoms. The van der Waals surface area contributed by atoms with Gasteiger partial charge in [-0.1, -0.05) is 12.8 Å². The summed E-state index contributed by atoms with van der Waals surface area (Å²) in [7, 11) is 0. The number of urea groups is 1. The Balaban J connectivity index is 2.59. The largest absolute Gasteiger partial charge is 0.444 e. The van der Waals surface area contributed by atoms with Crippen molar-refractivity contribution in [2.45, 2.75) is 52.1 Å². The minimum atomic E-state index is -0.633. The van der Waals surface area contributed by atoms with Crippen LogP contribution in [-0.2, 0) is 4.74 Å². The molecule has 1 aliphatic rings.